The minimum absolute atomic E-state index is 0.221. The Kier molecular flexibility index (Phi) is 4.20. The zero-order chi connectivity index (χ0) is 18.3. The van der Waals surface area contributed by atoms with Crippen molar-refractivity contribution < 1.29 is 8.42 Å². The number of pyridine rings is 1. The molecule has 4 rings (SSSR count). The Morgan fingerprint density at radius 2 is 1.77 bits per heavy atom. The average molecular weight is 430 g/mol. The van der Waals surface area contributed by atoms with E-state index in [0.717, 1.165) is 32.8 Å². The molecule has 26 heavy (non-hydrogen) atoms. The average Bonchev–Trinajstić information content (AvgIpc) is 2.95. The molecule has 0 aliphatic carbocycles. The van der Waals surface area contributed by atoms with Gasteiger partial charge in [0.05, 0.1) is 10.4 Å². The van der Waals surface area contributed by atoms with Gasteiger partial charge in [0.1, 0.15) is 0 Å². The number of aromatic nitrogens is 2. The second kappa shape index (κ2) is 6.41. The van der Waals surface area contributed by atoms with Crippen molar-refractivity contribution >= 4 is 53.4 Å². The van der Waals surface area contributed by atoms with Gasteiger partial charge in [-0.2, -0.15) is 0 Å². The lowest BCUT2D eigenvalue weighted by Gasteiger charge is -2.09. The fraction of sp³-hybridized carbons (Fsp3) is 0.105. The number of aryl methyl sites for hydroxylation is 1. The molecule has 4 aromatic rings. The highest BCUT2D eigenvalue weighted by molar-refractivity contribution is 9.10. The Balaban J connectivity index is 1.81. The number of fused-ring (bicyclic) bond motifs is 3. The van der Waals surface area contributed by atoms with Crippen LogP contribution in [0.3, 0.4) is 0 Å². The number of rotatable bonds is 4. The van der Waals surface area contributed by atoms with Crippen LogP contribution in [-0.4, -0.2) is 18.0 Å². The lowest BCUT2D eigenvalue weighted by Crippen LogP contribution is -2.12. The van der Waals surface area contributed by atoms with Crippen molar-refractivity contribution in [3.63, 3.8) is 0 Å². The first-order chi connectivity index (χ1) is 12.5. The fourth-order valence-electron chi connectivity index (χ4n) is 3.18. The van der Waals surface area contributed by atoms with Crippen LogP contribution in [0.25, 0.3) is 21.8 Å². The molecular weight excluding hydrogens is 414 g/mol. The molecule has 0 saturated heterocycles. The summed E-state index contributed by atoms with van der Waals surface area (Å²) in [5.74, 6) is 0. The molecule has 0 spiro atoms. The van der Waals surface area contributed by atoms with Gasteiger partial charge < -0.3 is 4.57 Å². The van der Waals surface area contributed by atoms with E-state index in [1.807, 2.05) is 24.4 Å². The van der Waals surface area contributed by atoms with E-state index in [4.69, 9.17) is 0 Å². The van der Waals surface area contributed by atoms with E-state index in [2.05, 4.69) is 37.1 Å². The van der Waals surface area contributed by atoms with E-state index in [1.165, 1.54) is 0 Å². The number of hydrogen-bond donors (Lipinski definition) is 1. The zero-order valence-electron chi connectivity index (χ0n) is 14.0. The maximum absolute atomic E-state index is 12.6. The van der Waals surface area contributed by atoms with Gasteiger partial charge in [0, 0.05) is 45.4 Å². The van der Waals surface area contributed by atoms with Crippen LogP contribution in [0.4, 0.5) is 5.69 Å². The second-order valence-electron chi connectivity index (χ2n) is 5.93. The summed E-state index contributed by atoms with van der Waals surface area (Å²) in [4.78, 5) is 4.44. The SMILES string of the molecule is CCn1c2ccncc2c2cc(NS(=O)(=O)c3ccc(Br)cc3)ccc21. The summed E-state index contributed by atoms with van der Waals surface area (Å²) >= 11 is 3.31. The monoisotopic (exact) mass is 429 g/mol. The molecule has 0 aliphatic heterocycles. The minimum atomic E-state index is -3.64. The van der Waals surface area contributed by atoms with Gasteiger partial charge in [-0.05, 0) is 55.5 Å². The van der Waals surface area contributed by atoms with Crippen LogP contribution >= 0.6 is 15.9 Å². The molecular formula is C19H16BrN3O2S. The zero-order valence-corrected chi connectivity index (χ0v) is 16.4. The number of anilines is 1. The van der Waals surface area contributed by atoms with Crippen molar-refractivity contribution in [2.75, 3.05) is 4.72 Å². The van der Waals surface area contributed by atoms with Crippen LogP contribution in [0.1, 0.15) is 6.92 Å². The van der Waals surface area contributed by atoms with Gasteiger partial charge in [0.25, 0.3) is 10.0 Å². The number of benzene rings is 2. The van der Waals surface area contributed by atoms with E-state index >= 15 is 0 Å². The molecule has 7 heteroatoms. The van der Waals surface area contributed by atoms with Crippen molar-refractivity contribution in [2.45, 2.75) is 18.4 Å². The summed E-state index contributed by atoms with van der Waals surface area (Å²) in [6.07, 6.45) is 3.58. The number of hydrogen-bond acceptors (Lipinski definition) is 3. The predicted molar refractivity (Wildman–Crippen MR) is 108 cm³/mol. The third-order valence-corrected chi connectivity index (χ3v) is 6.28. The highest BCUT2D eigenvalue weighted by Crippen LogP contribution is 2.31. The topological polar surface area (TPSA) is 64.0 Å². The maximum Gasteiger partial charge on any atom is 0.261 e. The van der Waals surface area contributed by atoms with Crippen LogP contribution < -0.4 is 4.72 Å². The quantitative estimate of drug-likeness (QED) is 0.507. The second-order valence-corrected chi connectivity index (χ2v) is 8.53. The van der Waals surface area contributed by atoms with Crippen molar-refractivity contribution in [3.8, 4) is 0 Å². The lowest BCUT2D eigenvalue weighted by atomic mass is 10.2. The number of nitrogens with one attached hydrogen (secondary N) is 1. The molecule has 0 unspecified atom stereocenters. The van der Waals surface area contributed by atoms with E-state index in [-0.39, 0.29) is 4.90 Å². The molecule has 132 valence electrons. The Morgan fingerprint density at radius 3 is 2.50 bits per heavy atom. The summed E-state index contributed by atoms with van der Waals surface area (Å²) in [7, 11) is -3.64. The standard InChI is InChI=1S/C19H16BrN3O2S/c1-2-23-18-8-5-14(11-16(18)17-12-21-10-9-19(17)23)22-26(24,25)15-6-3-13(20)4-7-15/h3-12,22H,2H2,1H3. The molecule has 1 N–H and O–H groups in total. The maximum atomic E-state index is 12.6. The van der Waals surface area contributed by atoms with Gasteiger partial charge in [-0.15, -0.1) is 0 Å². The van der Waals surface area contributed by atoms with Gasteiger partial charge >= 0.3 is 0 Å². The fourth-order valence-corrected chi connectivity index (χ4v) is 4.49. The smallest absolute Gasteiger partial charge is 0.261 e. The van der Waals surface area contributed by atoms with E-state index in [1.54, 1.807) is 36.5 Å². The lowest BCUT2D eigenvalue weighted by molar-refractivity contribution is 0.601. The van der Waals surface area contributed by atoms with E-state index < -0.39 is 10.0 Å². The molecule has 0 aliphatic rings. The number of halogens is 1. The highest BCUT2D eigenvalue weighted by Gasteiger charge is 2.16. The third kappa shape index (κ3) is 2.87. The summed E-state index contributed by atoms with van der Waals surface area (Å²) in [5.41, 5.74) is 2.67. The summed E-state index contributed by atoms with van der Waals surface area (Å²) < 4.78 is 31.0. The van der Waals surface area contributed by atoms with Crippen molar-refractivity contribution in [1.29, 1.82) is 0 Å². The molecule has 0 amide bonds. The van der Waals surface area contributed by atoms with Crippen LogP contribution in [0.15, 0.2) is 70.3 Å². The molecule has 0 radical (unpaired) electrons. The van der Waals surface area contributed by atoms with Crippen LogP contribution in [0.5, 0.6) is 0 Å². The number of sulfonamides is 1. The predicted octanol–water partition coefficient (Wildman–Crippen LogP) is 4.77. The van der Waals surface area contributed by atoms with Gasteiger partial charge in [0.2, 0.25) is 0 Å². The first-order valence-electron chi connectivity index (χ1n) is 8.14. The van der Waals surface area contributed by atoms with Crippen molar-refractivity contribution in [1.82, 2.24) is 9.55 Å². The molecule has 0 atom stereocenters. The molecule has 2 aromatic heterocycles. The Labute approximate surface area is 159 Å². The molecule has 5 nitrogen and oxygen atoms in total. The molecule has 0 fully saturated rings. The normalized spacial score (nSPS) is 11.9. The van der Waals surface area contributed by atoms with Crippen molar-refractivity contribution in [2.24, 2.45) is 0 Å². The Bertz CT molecular complexity index is 1210. The van der Waals surface area contributed by atoms with Gasteiger partial charge in [-0.25, -0.2) is 8.42 Å². The van der Waals surface area contributed by atoms with Crippen LogP contribution in [-0.2, 0) is 16.6 Å². The molecule has 0 bridgehead atoms. The molecule has 2 heterocycles. The van der Waals surface area contributed by atoms with Gasteiger partial charge in [-0.3, -0.25) is 9.71 Å². The van der Waals surface area contributed by atoms with E-state index in [0.29, 0.717) is 5.69 Å². The molecule has 0 saturated carbocycles. The van der Waals surface area contributed by atoms with Crippen LogP contribution in [0.2, 0.25) is 0 Å². The van der Waals surface area contributed by atoms with Crippen molar-refractivity contribution in [3.05, 3.63) is 65.4 Å². The van der Waals surface area contributed by atoms with E-state index in [9.17, 15) is 8.42 Å². The Hall–Kier alpha value is -2.38. The van der Waals surface area contributed by atoms with Gasteiger partial charge in [-0.1, -0.05) is 15.9 Å². The Morgan fingerprint density at radius 1 is 1.04 bits per heavy atom. The molecule has 2 aromatic carbocycles. The highest BCUT2D eigenvalue weighted by atomic mass is 79.9. The van der Waals surface area contributed by atoms with Crippen LogP contribution in [0, 0.1) is 0 Å². The minimum Gasteiger partial charge on any atom is -0.341 e. The summed E-state index contributed by atoms with van der Waals surface area (Å²) in [5, 5.41) is 1.99. The first-order valence-corrected chi connectivity index (χ1v) is 10.4. The summed E-state index contributed by atoms with van der Waals surface area (Å²) in [6.45, 7) is 2.91. The van der Waals surface area contributed by atoms with Gasteiger partial charge in [0.15, 0.2) is 0 Å². The first kappa shape index (κ1) is 17.1. The third-order valence-electron chi connectivity index (χ3n) is 4.36. The largest absolute Gasteiger partial charge is 0.341 e. The number of nitrogens with zero attached hydrogens (tertiary/aromatic N) is 2. The summed E-state index contributed by atoms with van der Waals surface area (Å²) in [6, 6.07) is 14.1.